The van der Waals surface area contributed by atoms with Crippen LogP contribution in [0.1, 0.15) is 5.56 Å². The van der Waals surface area contributed by atoms with Gasteiger partial charge < -0.3 is 19.5 Å². The fourth-order valence-electron chi connectivity index (χ4n) is 2.13. The number of nitrogens with one attached hydrogen (secondary N) is 1. The van der Waals surface area contributed by atoms with E-state index in [0.717, 1.165) is 3.57 Å². The van der Waals surface area contributed by atoms with Gasteiger partial charge >= 0.3 is 5.97 Å². The van der Waals surface area contributed by atoms with Gasteiger partial charge in [0.05, 0.1) is 7.11 Å². The van der Waals surface area contributed by atoms with Gasteiger partial charge in [-0.05, 0) is 64.6 Å². The van der Waals surface area contributed by atoms with E-state index in [2.05, 4.69) is 27.9 Å². The maximum absolute atomic E-state index is 11.8. The Bertz CT molecular complexity index is 921. The van der Waals surface area contributed by atoms with E-state index in [-0.39, 0.29) is 13.2 Å². The molecule has 0 saturated heterocycles. The summed E-state index contributed by atoms with van der Waals surface area (Å²) in [6.45, 7) is -0.485. The number of rotatable bonds is 8. The molecule has 1 amide bonds. The number of methoxy groups -OCH3 is 1. The Morgan fingerprint density at radius 3 is 2.75 bits per heavy atom. The topological polar surface area (TPSA) is 97.7 Å². The quantitative estimate of drug-likeness (QED) is 0.345. The SMILES string of the molecule is COc1cc(C=CC(=O)OCC(=O)Nc2cccc(I)c2)ccc1OCC#N. The highest BCUT2D eigenvalue weighted by Crippen LogP contribution is 2.28. The minimum atomic E-state index is -0.651. The van der Waals surface area contributed by atoms with Crippen LogP contribution in [0.25, 0.3) is 6.08 Å². The molecule has 0 aliphatic heterocycles. The van der Waals surface area contributed by atoms with E-state index in [1.165, 1.54) is 19.3 Å². The largest absolute Gasteiger partial charge is 0.493 e. The third-order valence-electron chi connectivity index (χ3n) is 3.35. The van der Waals surface area contributed by atoms with Crippen LogP contribution in [0.4, 0.5) is 5.69 Å². The summed E-state index contributed by atoms with van der Waals surface area (Å²) >= 11 is 2.14. The van der Waals surface area contributed by atoms with Crippen molar-refractivity contribution in [2.75, 3.05) is 25.6 Å². The lowest BCUT2D eigenvalue weighted by atomic mass is 10.2. The van der Waals surface area contributed by atoms with Crippen molar-refractivity contribution in [1.82, 2.24) is 0 Å². The van der Waals surface area contributed by atoms with Gasteiger partial charge in [-0.1, -0.05) is 12.1 Å². The average molecular weight is 492 g/mol. The van der Waals surface area contributed by atoms with E-state index >= 15 is 0 Å². The first-order valence-corrected chi connectivity index (χ1v) is 9.17. The molecule has 0 heterocycles. The molecule has 0 spiro atoms. The number of carbonyl (C=O) groups is 2. The van der Waals surface area contributed by atoms with E-state index in [9.17, 15) is 9.59 Å². The number of nitrogens with zero attached hydrogens (tertiary/aromatic N) is 1. The second kappa shape index (κ2) is 10.9. The number of carbonyl (C=O) groups excluding carboxylic acids is 2. The van der Waals surface area contributed by atoms with Gasteiger partial charge in [-0.25, -0.2) is 4.79 Å². The molecule has 0 atom stereocenters. The molecule has 144 valence electrons. The fraction of sp³-hybridized carbons (Fsp3) is 0.150. The number of benzene rings is 2. The molecule has 1 N–H and O–H groups in total. The Hall–Kier alpha value is -3.06. The standard InChI is InChI=1S/C20H17IN2O5/c1-26-18-11-14(5-7-17(18)27-10-9-22)6-8-20(25)28-13-19(24)23-16-4-2-3-15(21)12-16/h2-8,11-12H,10,13H2,1H3,(H,23,24). The number of esters is 1. The molecule has 2 aromatic rings. The van der Waals surface area contributed by atoms with E-state index < -0.39 is 11.9 Å². The third kappa shape index (κ3) is 6.92. The van der Waals surface area contributed by atoms with Crippen molar-refractivity contribution < 1.29 is 23.8 Å². The van der Waals surface area contributed by atoms with Crippen LogP contribution in [0.3, 0.4) is 0 Å². The monoisotopic (exact) mass is 492 g/mol. The molecule has 0 bridgehead atoms. The molecule has 28 heavy (non-hydrogen) atoms. The zero-order valence-corrected chi connectivity index (χ0v) is 17.1. The van der Waals surface area contributed by atoms with Crippen LogP contribution in [-0.2, 0) is 14.3 Å². The highest BCUT2D eigenvalue weighted by Gasteiger charge is 2.07. The minimum absolute atomic E-state index is 0.0952. The van der Waals surface area contributed by atoms with Gasteiger partial charge in [0.1, 0.15) is 6.07 Å². The van der Waals surface area contributed by atoms with Crippen LogP contribution in [0.5, 0.6) is 11.5 Å². The number of hydrogen-bond acceptors (Lipinski definition) is 6. The molecule has 0 aliphatic rings. The van der Waals surface area contributed by atoms with Gasteiger partial charge in [-0.15, -0.1) is 0 Å². The summed E-state index contributed by atoms with van der Waals surface area (Å²) in [5.41, 5.74) is 1.30. The lowest BCUT2D eigenvalue weighted by Crippen LogP contribution is -2.20. The third-order valence-corrected chi connectivity index (χ3v) is 4.02. The van der Waals surface area contributed by atoms with Crippen molar-refractivity contribution in [2.24, 2.45) is 0 Å². The predicted molar refractivity (Wildman–Crippen MR) is 112 cm³/mol. The summed E-state index contributed by atoms with van der Waals surface area (Å²) in [6, 6.07) is 14.1. The number of nitriles is 1. The van der Waals surface area contributed by atoms with E-state index in [4.69, 9.17) is 19.5 Å². The Morgan fingerprint density at radius 1 is 1.21 bits per heavy atom. The van der Waals surface area contributed by atoms with Gasteiger partial charge in [-0.2, -0.15) is 5.26 Å². The number of amides is 1. The van der Waals surface area contributed by atoms with Gasteiger partial charge in [0, 0.05) is 15.3 Å². The number of hydrogen-bond donors (Lipinski definition) is 1. The van der Waals surface area contributed by atoms with Crippen LogP contribution in [0, 0.1) is 14.9 Å². The van der Waals surface area contributed by atoms with Crippen molar-refractivity contribution >= 4 is 46.2 Å². The Kier molecular flexibility index (Phi) is 8.30. The highest BCUT2D eigenvalue weighted by atomic mass is 127. The van der Waals surface area contributed by atoms with Gasteiger partial charge in [0.25, 0.3) is 5.91 Å². The molecule has 0 unspecified atom stereocenters. The maximum atomic E-state index is 11.8. The number of anilines is 1. The Labute approximate surface area is 176 Å². The van der Waals surface area contributed by atoms with Crippen molar-refractivity contribution in [2.45, 2.75) is 0 Å². The second-order valence-electron chi connectivity index (χ2n) is 5.36. The van der Waals surface area contributed by atoms with Crippen molar-refractivity contribution in [1.29, 1.82) is 5.26 Å². The molecule has 2 aromatic carbocycles. The van der Waals surface area contributed by atoms with Crippen LogP contribution in [-0.4, -0.2) is 32.2 Å². The van der Waals surface area contributed by atoms with Crippen LogP contribution in [0.2, 0.25) is 0 Å². The molecular formula is C20H17IN2O5. The van der Waals surface area contributed by atoms with Crippen LogP contribution in [0.15, 0.2) is 48.5 Å². The van der Waals surface area contributed by atoms with Crippen molar-refractivity contribution in [3.8, 4) is 17.6 Å². The summed E-state index contributed by atoms with van der Waals surface area (Å²) in [6.07, 6.45) is 2.74. The van der Waals surface area contributed by atoms with Crippen molar-refractivity contribution in [3.63, 3.8) is 0 Å². The van der Waals surface area contributed by atoms with E-state index in [1.807, 2.05) is 18.2 Å². The van der Waals surface area contributed by atoms with Gasteiger partial charge in [0.15, 0.2) is 24.7 Å². The summed E-state index contributed by atoms with van der Waals surface area (Å²) in [5.74, 6) is -0.218. The predicted octanol–water partition coefficient (Wildman–Crippen LogP) is 3.40. The second-order valence-corrected chi connectivity index (χ2v) is 6.60. The fourth-order valence-corrected chi connectivity index (χ4v) is 2.67. The Balaban J connectivity index is 1.87. The zero-order valence-electron chi connectivity index (χ0n) is 15.0. The summed E-state index contributed by atoms with van der Waals surface area (Å²) in [7, 11) is 1.47. The molecule has 8 heteroatoms. The number of halogens is 1. The molecule has 0 radical (unpaired) electrons. The van der Waals surface area contributed by atoms with Crippen molar-refractivity contribution in [3.05, 3.63) is 57.7 Å². The molecule has 0 aliphatic carbocycles. The smallest absolute Gasteiger partial charge is 0.331 e. The van der Waals surface area contributed by atoms with Gasteiger partial charge in [0.2, 0.25) is 0 Å². The normalized spacial score (nSPS) is 10.2. The molecule has 2 rings (SSSR count). The lowest BCUT2D eigenvalue weighted by Gasteiger charge is -2.08. The summed E-state index contributed by atoms with van der Waals surface area (Å²) < 4.78 is 16.3. The van der Waals surface area contributed by atoms with E-state index in [1.54, 1.807) is 30.3 Å². The van der Waals surface area contributed by atoms with Crippen LogP contribution >= 0.6 is 22.6 Å². The first-order valence-electron chi connectivity index (χ1n) is 8.10. The first kappa shape index (κ1) is 21.2. The average Bonchev–Trinajstić information content (AvgIpc) is 2.69. The molecular weight excluding hydrogens is 475 g/mol. The molecule has 7 nitrogen and oxygen atoms in total. The summed E-state index contributed by atoms with van der Waals surface area (Å²) in [5, 5.41) is 11.2. The molecule has 0 fully saturated rings. The van der Waals surface area contributed by atoms with Crippen LogP contribution < -0.4 is 14.8 Å². The number of ether oxygens (including phenoxy) is 3. The minimum Gasteiger partial charge on any atom is -0.493 e. The summed E-state index contributed by atoms with van der Waals surface area (Å²) in [4.78, 5) is 23.6. The van der Waals surface area contributed by atoms with E-state index in [0.29, 0.717) is 22.7 Å². The maximum Gasteiger partial charge on any atom is 0.331 e. The zero-order chi connectivity index (χ0) is 20.4. The Morgan fingerprint density at radius 2 is 2.04 bits per heavy atom. The van der Waals surface area contributed by atoms with Gasteiger partial charge in [-0.3, -0.25) is 4.79 Å². The lowest BCUT2D eigenvalue weighted by molar-refractivity contribution is -0.142. The highest BCUT2D eigenvalue weighted by molar-refractivity contribution is 14.1. The first-order chi connectivity index (χ1) is 13.5. The molecule has 0 saturated carbocycles. The molecule has 0 aromatic heterocycles.